The van der Waals surface area contributed by atoms with E-state index in [-0.39, 0.29) is 4.88 Å². The van der Waals surface area contributed by atoms with Crippen LogP contribution in [0.15, 0.2) is 45.8 Å². The first-order valence-corrected chi connectivity index (χ1v) is 7.62. The molecular formula is C15H19N3O3S. The van der Waals surface area contributed by atoms with E-state index >= 15 is 0 Å². The van der Waals surface area contributed by atoms with Crippen molar-refractivity contribution in [2.45, 2.75) is 19.8 Å². The minimum atomic E-state index is -0.573. The average Bonchev–Trinajstić information content (AvgIpc) is 2.53. The number of allylic oxidation sites excluding steroid dienone is 2. The van der Waals surface area contributed by atoms with Gasteiger partial charge in [0, 0.05) is 12.3 Å². The molecule has 0 spiro atoms. The van der Waals surface area contributed by atoms with Crippen molar-refractivity contribution in [3.05, 3.63) is 50.9 Å². The van der Waals surface area contributed by atoms with Crippen molar-refractivity contribution in [2.24, 2.45) is 10.1 Å². The van der Waals surface area contributed by atoms with Crippen molar-refractivity contribution in [1.29, 1.82) is 0 Å². The first-order chi connectivity index (χ1) is 10.6. The summed E-state index contributed by atoms with van der Waals surface area (Å²) in [7, 11) is 1.26. The van der Waals surface area contributed by atoms with Crippen LogP contribution >= 0.6 is 11.3 Å². The Morgan fingerprint density at radius 3 is 2.95 bits per heavy atom. The predicted octanol–water partition coefficient (Wildman–Crippen LogP) is 1.97. The highest BCUT2D eigenvalue weighted by molar-refractivity contribution is 7.11. The fourth-order valence-corrected chi connectivity index (χ4v) is 2.30. The molecule has 0 aromatic carbocycles. The molecule has 0 aliphatic carbocycles. The maximum absolute atomic E-state index is 12.1. The van der Waals surface area contributed by atoms with Gasteiger partial charge < -0.3 is 4.74 Å². The van der Waals surface area contributed by atoms with E-state index in [9.17, 15) is 9.59 Å². The topological polar surface area (TPSA) is 73.0 Å². The number of methoxy groups -OCH3 is 1. The number of unbranched alkanes of at least 4 members (excludes halogenated alkanes) is 1. The number of rotatable bonds is 7. The highest BCUT2D eigenvalue weighted by atomic mass is 32.1. The van der Waals surface area contributed by atoms with E-state index in [0.717, 1.165) is 28.9 Å². The standard InChI is InChI=1S/C15H19N3O3S/c1-4-6-7-8-10-17-18-13(19)11-12(14(20)21-3)22-15(18)16-9-5-2/h5,7-8,10-11H,2,4,6,9H2,1,3H3/b8-7+,16-15?,17-10+. The van der Waals surface area contributed by atoms with Crippen LogP contribution in [-0.2, 0) is 4.74 Å². The molecule has 0 amide bonds. The third-order valence-electron chi connectivity index (χ3n) is 2.45. The van der Waals surface area contributed by atoms with Crippen molar-refractivity contribution in [3.63, 3.8) is 0 Å². The van der Waals surface area contributed by atoms with Gasteiger partial charge in [-0.15, -0.1) is 6.58 Å². The van der Waals surface area contributed by atoms with Crippen LogP contribution in [0, 0.1) is 0 Å². The van der Waals surface area contributed by atoms with Crippen molar-refractivity contribution >= 4 is 23.5 Å². The van der Waals surface area contributed by atoms with E-state index in [1.807, 2.05) is 6.08 Å². The molecule has 0 radical (unpaired) electrons. The molecule has 0 bridgehead atoms. The number of aromatic nitrogens is 1. The molecule has 0 atom stereocenters. The normalized spacial score (nSPS) is 12.2. The zero-order valence-corrected chi connectivity index (χ0v) is 13.5. The quantitative estimate of drug-likeness (QED) is 0.438. The Morgan fingerprint density at radius 2 is 2.32 bits per heavy atom. The van der Waals surface area contributed by atoms with Gasteiger partial charge in [0.1, 0.15) is 4.88 Å². The second-order valence-electron chi connectivity index (χ2n) is 4.15. The lowest BCUT2D eigenvalue weighted by molar-refractivity contribution is 0.0606. The molecule has 0 saturated carbocycles. The number of hydrogen-bond acceptors (Lipinski definition) is 6. The highest BCUT2D eigenvalue weighted by Gasteiger charge is 2.10. The smallest absolute Gasteiger partial charge is 0.348 e. The molecule has 1 rings (SSSR count). The second-order valence-corrected chi connectivity index (χ2v) is 5.15. The largest absolute Gasteiger partial charge is 0.465 e. The maximum atomic E-state index is 12.1. The summed E-state index contributed by atoms with van der Waals surface area (Å²) >= 11 is 1.04. The lowest BCUT2D eigenvalue weighted by Gasteiger charge is -2.01. The molecule has 6 nitrogen and oxygen atoms in total. The molecule has 1 aromatic heterocycles. The molecule has 0 aliphatic heterocycles. The van der Waals surface area contributed by atoms with E-state index in [1.54, 1.807) is 12.2 Å². The molecule has 0 fully saturated rings. The Bertz CT molecular complexity index is 699. The monoisotopic (exact) mass is 321 g/mol. The molecule has 0 N–H and O–H groups in total. The van der Waals surface area contributed by atoms with E-state index in [0.29, 0.717) is 11.3 Å². The lowest BCUT2D eigenvalue weighted by Crippen LogP contribution is -2.30. The number of carbonyl (C=O) groups is 1. The fourth-order valence-electron chi connectivity index (χ4n) is 1.42. The van der Waals surface area contributed by atoms with E-state index in [1.165, 1.54) is 19.4 Å². The molecule has 1 heterocycles. The van der Waals surface area contributed by atoms with Crippen molar-refractivity contribution in [1.82, 2.24) is 4.68 Å². The molecular weight excluding hydrogens is 302 g/mol. The average molecular weight is 321 g/mol. The number of hydrogen-bond donors (Lipinski definition) is 0. The summed E-state index contributed by atoms with van der Waals surface area (Å²) in [4.78, 5) is 28.4. The van der Waals surface area contributed by atoms with Gasteiger partial charge in [-0.2, -0.15) is 9.78 Å². The molecule has 7 heteroatoms. The van der Waals surface area contributed by atoms with Crippen LogP contribution in [0.4, 0.5) is 0 Å². The summed E-state index contributed by atoms with van der Waals surface area (Å²) in [5, 5.41) is 4.08. The number of nitrogens with zero attached hydrogens (tertiary/aromatic N) is 3. The summed E-state index contributed by atoms with van der Waals surface area (Å²) in [6.45, 7) is 5.98. The van der Waals surface area contributed by atoms with Gasteiger partial charge in [-0.3, -0.25) is 9.79 Å². The van der Waals surface area contributed by atoms with Crippen LogP contribution in [0.3, 0.4) is 0 Å². The van der Waals surface area contributed by atoms with Crippen LogP contribution in [0.2, 0.25) is 0 Å². The highest BCUT2D eigenvalue weighted by Crippen LogP contribution is 2.01. The third kappa shape index (κ3) is 5.25. The maximum Gasteiger partial charge on any atom is 0.348 e. The van der Waals surface area contributed by atoms with Crippen molar-refractivity contribution < 1.29 is 9.53 Å². The Morgan fingerprint density at radius 1 is 1.55 bits per heavy atom. The van der Waals surface area contributed by atoms with Crippen LogP contribution in [0.25, 0.3) is 0 Å². The first-order valence-electron chi connectivity index (χ1n) is 6.80. The van der Waals surface area contributed by atoms with Gasteiger partial charge >= 0.3 is 5.97 Å². The zero-order valence-electron chi connectivity index (χ0n) is 12.7. The Kier molecular flexibility index (Phi) is 7.77. The van der Waals surface area contributed by atoms with Gasteiger partial charge in [-0.25, -0.2) is 4.79 Å². The minimum Gasteiger partial charge on any atom is -0.465 e. The molecule has 118 valence electrons. The second kappa shape index (κ2) is 9.62. The summed E-state index contributed by atoms with van der Waals surface area (Å²) in [6.07, 6.45) is 8.83. The summed E-state index contributed by atoms with van der Waals surface area (Å²) < 4.78 is 5.78. The van der Waals surface area contributed by atoms with Gasteiger partial charge in [0.2, 0.25) is 4.80 Å². The Balaban J connectivity index is 3.28. The predicted molar refractivity (Wildman–Crippen MR) is 88.5 cm³/mol. The zero-order chi connectivity index (χ0) is 16.4. The Hall–Kier alpha value is -2.28. The van der Waals surface area contributed by atoms with E-state index in [4.69, 9.17) is 0 Å². The van der Waals surface area contributed by atoms with Gasteiger partial charge in [-0.1, -0.05) is 36.8 Å². The van der Waals surface area contributed by atoms with Gasteiger partial charge in [0.05, 0.1) is 13.7 Å². The van der Waals surface area contributed by atoms with E-state index < -0.39 is 11.5 Å². The van der Waals surface area contributed by atoms with Gasteiger partial charge in [-0.05, 0) is 12.5 Å². The molecule has 0 saturated heterocycles. The SMILES string of the molecule is C=CCN=c1sc(C(=O)OC)cc(=O)n1/N=C/C=C/CCC. The van der Waals surface area contributed by atoms with Crippen LogP contribution in [0.5, 0.6) is 0 Å². The summed E-state index contributed by atoms with van der Waals surface area (Å²) in [6, 6.07) is 1.19. The summed E-state index contributed by atoms with van der Waals surface area (Å²) in [5.74, 6) is -0.573. The number of esters is 1. The Labute approximate surface area is 132 Å². The van der Waals surface area contributed by atoms with Gasteiger partial charge in [0.25, 0.3) is 5.56 Å². The van der Waals surface area contributed by atoms with Crippen LogP contribution in [-0.4, -0.2) is 30.5 Å². The molecule has 0 aliphatic rings. The number of carbonyl (C=O) groups excluding carboxylic acids is 1. The first kappa shape index (κ1) is 17.8. The minimum absolute atomic E-state index is 0.184. The fraction of sp³-hybridized carbons (Fsp3) is 0.333. The molecule has 1 aromatic rings. The lowest BCUT2D eigenvalue weighted by atomic mass is 10.3. The third-order valence-corrected chi connectivity index (χ3v) is 3.44. The van der Waals surface area contributed by atoms with Crippen molar-refractivity contribution in [2.75, 3.05) is 13.7 Å². The van der Waals surface area contributed by atoms with Crippen LogP contribution < -0.4 is 10.4 Å². The molecule has 0 unspecified atom stereocenters. The molecule has 22 heavy (non-hydrogen) atoms. The van der Waals surface area contributed by atoms with Crippen molar-refractivity contribution in [3.8, 4) is 0 Å². The van der Waals surface area contributed by atoms with Gasteiger partial charge in [0.15, 0.2) is 0 Å². The van der Waals surface area contributed by atoms with E-state index in [2.05, 4.69) is 28.3 Å². The van der Waals surface area contributed by atoms with Crippen LogP contribution in [0.1, 0.15) is 29.4 Å². The number of ether oxygens (including phenoxy) is 1. The summed E-state index contributed by atoms with van der Waals surface area (Å²) in [5.41, 5.74) is -0.442.